The zero-order chi connectivity index (χ0) is 23.3. The lowest BCUT2D eigenvalue weighted by atomic mass is 10.1. The molecule has 1 N–H and O–H groups in total. The number of nitrogens with one attached hydrogen (secondary N) is 1. The molecular weight excluding hydrogens is 435 g/mol. The highest BCUT2D eigenvalue weighted by Gasteiger charge is 2.27. The van der Waals surface area contributed by atoms with E-state index < -0.39 is 6.04 Å². The summed E-state index contributed by atoms with van der Waals surface area (Å²) >= 11 is 12.1. The van der Waals surface area contributed by atoms with Crippen LogP contribution in [0, 0.1) is 20.8 Å². The van der Waals surface area contributed by atoms with Gasteiger partial charge in [-0.05, 0) is 82.0 Å². The lowest BCUT2D eigenvalue weighted by molar-refractivity contribution is -0.142. The van der Waals surface area contributed by atoms with Crippen molar-refractivity contribution in [1.82, 2.24) is 10.2 Å². The second-order valence-electron chi connectivity index (χ2n) is 8.10. The Morgan fingerprint density at radius 3 is 2.32 bits per heavy atom. The van der Waals surface area contributed by atoms with Gasteiger partial charge in [0.15, 0.2) is 6.61 Å². The van der Waals surface area contributed by atoms with E-state index in [0.29, 0.717) is 15.8 Å². The summed E-state index contributed by atoms with van der Waals surface area (Å²) in [6.07, 6.45) is 0. The maximum Gasteiger partial charge on any atom is 0.261 e. The summed E-state index contributed by atoms with van der Waals surface area (Å²) < 4.78 is 5.86. The predicted octanol–water partition coefficient (Wildman–Crippen LogP) is 5.24. The molecule has 168 valence electrons. The minimum Gasteiger partial charge on any atom is -0.483 e. The molecule has 5 nitrogen and oxygen atoms in total. The van der Waals surface area contributed by atoms with Crippen molar-refractivity contribution >= 4 is 35.0 Å². The Balaban J connectivity index is 2.24. The smallest absolute Gasteiger partial charge is 0.261 e. The molecule has 1 atom stereocenters. The zero-order valence-electron chi connectivity index (χ0n) is 18.9. The summed E-state index contributed by atoms with van der Waals surface area (Å²) in [5, 5.41) is 3.69. The summed E-state index contributed by atoms with van der Waals surface area (Å²) in [5.74, 6) is 0.140. The molecular formula is C24H30Cl2N2O3. The summed E-state index contributed by atoms with van der Waals surface area (Å²) in [6, 6.07) is 8.42. The number of hydrogen-bond acceptors (Lipinski definition) is 3. The van der Waals surface area contributed by atoms with E-state index in [4.69, 9.17) is 27.9 Å². The summed E-state index contributed by atoms with van der Waals surface area (Å²) in [5.41, 5.74) is 3.91. The van der Waals surface area contributed by atoms with Gasteiger partial charge in [-0.2, -0.15) is 0 Å². The molecule has 0 radical (unpaired) electrons. The second kappa shape index (κ2) is 10.9. The highest BCUT2D eigenvalue weighted by Crippen LogP contribution is 2.25. The van der Waals surface area contributed by atoms with Crippen LogP contribution in [0.5, 0.6) is 5.75 Å². The minimum absolute atomic E-state index is 0.0361. The van der Waals surface area contributed by atoms with E-state index in [2.05, 4.69) is 11.4 Å². The molecule has 0 spiro atoms. The van der Waals surface area contributed by atoms with Crippen LogP contribution in [0.2, 0.25) is 10.0 Å². The number of carbonyl (C=O) groups excluding carboxylic acids is 2. The highest BCUT2D eigenvalue weighted by molar-refractivity contribution is 6.42. The van der Waals surface area contributed by atoms with Gasteiger partial charge < -0.3 is 15.0 Å². The van der Waals surface area contributed by atoms with Crippen LogP contribution in [-0.2, 0) is 16.1 Å². The summed E-state index contributed by atoms with van der Waals surface area (Å²) in [7, 11) is 0. The molecule has 2 aromatic rings. The molecule has 0 fully saturated rings. The van der Waals surface area contributed by atoms with Gasteiger partial charge in [0.25, 0.3) is 5.91 Å². The van der Waals surface area contributed by atoms with Crippen LogP contribution < -0.4 is 10.1 Å². The molecule has 0 saturated carbocycles. The van der Waals surface area contributed by atoms with Gasteiger partial charge >= 0.3 is 0 Å². The van der Waals surface area contributed by atoms with Gasteiger partial charge in [-0.1, -0.05) is 35.3 Å². The van der Waals surface area contributed by atoms with Gasteiger partial charge in [-0.25, -0.2) is 0 Å². The van der Waals surface area contributed by atoms with E-state index in [1.165, 1.54) is 4.90 Å². The van der Waals surface area contributed by atoms with Crippen molar-refractivity contribution in [1.29, 1.82) is 0 Å². The predicted molar refractivity (Wildman–Crippen MR) is 126 cm³/mol. The molecule has 0 aliphatic carbocycles. The van der Waals surface area contributed by atoms with Crippen LogP contribution in [0.15, 0.2) is 30.3 Å². The number of benzene rings is 2. The Hall–Kier alpha value is -2.24. The van der Waals surface area contributed by atoms with E-state index in [9.17, 15) is 9.59 Å². The molecule has 2 aromatic carbocycles. The van der Waals surface area contributed by atoms with Gasteiger partial charge in [0.2, 0.25) is 5.91 Å². The molecule has 31 heavy (non-hydrogen) atoms. The topological polar surface area (TPSA) is 58.6 Å². The number of amides is 2. The first-order valence-electron chi connectivity index (χ1n) is 10.2. The van der Waals surface area contributed by atoms with Crippen LogP contribution in [0.4, 0.5) is 0 Å². The van der Waals surface area contributed by atoms with E-state index in [1.54, 1.807) is 25.1 Å². The quantitative estimate of drug-likeness (QED) is 0.580. The van der Waals surface area contributed by atoms with Crippen molar-refractivity contribution in [2.45, 2.75) is 60.2 Å². The van der Waals surface area contributed by atoms with Crippen LogP contribution in [0.25, 0.3) is 0 Å². The lowest BCUT2D eigenvalue weighted by Gasteiger charge is -2.29. The van der Waals surface area contributed by atoms with Crippen molar-refractivity contribution in [2.24, 2.45) is 0 Å². The molecule has 0 unspecified atom stereocenters. The normalized spacial score (nSPS) is 11.9. The molecule has 0 aliphatic heterocycles. The first-order valence-corrected chi connectivity index (χ1v) is 11.0. The first-order chi connectivity index (χ1) is 14.5. The van der Waals surface area contributed by atoms with Gasteiger partial charge in [0.1, 0.15) is 11.8 Å². The third-order valence-electron chi connectivity index (χ3n) is 5.05. The van der Waals surface area contributed by atoms with Crippen LogP contribution in [0.1, 0.15) is 43.0 Å². The van der Waals surface area contributed by atoms with Crippen LogP contribution in [0.3, 0.4) is 0 Å². The number of hydrogen-bond donors (Lipinski definition) is 1. The Kier molecular flexibility index (Phi) is 8.78. The Morgan fingerprint density at radius 1 is 1.03 bits per heavy atom. The number of ether oxygens (including phenoxy) is 1. The SMILES string of the molecule is Cc1cc(C)c(C)c(OCC(=O)N(Cc2ccc(Cl)c(Cl)c2)[C@@H](C)C(=O)NC(C)C)c1. The van der Waals surface area contributed by atoms with Crippen LogP contribution in [-0.4, -0.2) is 35.4 Å². The molecule has 7 heteroatoms. The largest absolute Gasteiger partial charge is 0.483 e. The van der Waals surface area contributed by atoms with E-state index in [-0.39, 0.29) is 31.0 Å². The monoisotopic (exact) mass is 464 g/mol. The van der Waals surface area contributed by atoms with Gasteiger partial charge in [-0.3, -0.25) is 9.59 Å². The van der Waals surface area contributed by atoms with E-state index in [0.717, 1.165) is 22.3 Å². The second-order valence-corrected chi connectivity index (χ2v) is 8.92. The van der Waals surface area contributed by atoms with Crippen molar-refractivity contribution in [2.75, 3.05) is 6.61 Å². The molecule has 0 saturated heterocycles. The maximum absolute atomic E-state index is 13.1. The number of carbonyl (C=O) groups is 2. The van der Waals surface area contributed by atoms with Gasteiger partial charge in [0.05, 0.1) is 10.0 Å². The number of halogens is 2. The first kappa shape index (κ1) is 25.0. The number of nitrogens with zero attached hydrogens (tertiary/aromatic N) is 1. The fourth-order valence-electron chi connectivity index (χ4n) is 3.20. The Morgan fingerprint density at radius 2 is 1.71 bits per heavy atom. The van der Waals surface area contributed by atoms with Gasteiger partial charge in [-0.15, -0.1) is 0 Å². The highest BCUT2D eigenvalue weighted by atomic mass is 35.5. The summed E-state index contributed by atoms with van der Waals surface area (Å²) in [4.78, 5) is 27.3. The van der Waals surface area contributed by atoms with Crippen molar-refractivity contribution in [3.8, 4) is 5.75 Å². The maximum atomic E-state index is 13.1. The Bertz CT molecular complexity index is 960. The molecule has 2 amide bonds. The number of aryl methyl sites for hydroxylation is 2. The Labute approximate surface area is 194 Å². The molecule has 0 heterocycles. The van der Waals surface area contributed by atoms with Crippen molar-refractivity contribution < 1.29 is 14.3 Å². The van der Waals surface area contributed by atoms with Gasteiger partial charge in [0, 0.05) is 12.6 Å². The standard InChI is InChI=1S/C24H30Cl2N2O3/c1-14(2)27-24(30)18(6)28(12-19-7-8-20(25)21(26)11-19)23(29)13-31-22-10-15(3)9-16(4)17(22)5/h7-11,14,18H,12-13H2,1-6H3,(H,27,30)/t18-/m0/s1. The summed E-state index contributed by atoms with van der Waals surface area (Å²) in [6.45, 7) is 11.4. The van der Waals surface area contributed by atoms with E-state index in [1.807, 2.05) is 40.7 Å². The van der Waals surface area contributed by atoms with Crippen molar-refractivity contribution in [3.63, 3.8) is 0 Å². The molecule has 0 bridgehead atoms. The average molecular weight is 465 g/mol. The number of rotatable bonds is 8. The van der Waals surface area contributed by atoms with Crippen LogP contribution >= 0.6 is 23.2 Å². The van der Waals surface area contributed by atoms with Crippen molar-refractivity contribution in [3.05, 3.63) is 62.6 Å². The van der Waals surface area contributed by atoms with E-state index >= 15 is 0 Å². The molecule has 0 aromatic heterocycles. The molecule has 2 rings (SSSR count). The minimum atomic E-state index is -0.687. The average Bonchev–Trinajstić information content (AvgIpc) is 2.69. The molecule has 0 aliphatic rings. The fraction of sp³-hybridized carbons (Fsp3) is 0.417. The third kappa shape index (κ3) is 6.88. The fourth-order valence-corrected chi connectivity index (χ4v) is 3.52. The lowest BCUT2D eigenvalue weighted by Crippen LogP contribution is -2.50. The third-order valence-corrected chi connectivity index (χ3v) is 5.79. The zero-order valence-corrected chi connectivity index (χ0v) is 20.4.